The van der Waals surface area contributed by atoms with Crippen LogP contribution < -0.4 is 10.6 Å². The lowest BCUT2D eigenvalue weighted by Crippen LogP contribution is -2.52. The molecule has 1 rings (SSSR count). The molecule has 96 valence electrons. The van der Waals surface area contributed by atoms with E-state index in [4.69, 9.17) is 9.84 Å². The molecule has 0 aromatic heterocycles. The number of ether oxygens (including phenoxy) is 1. The fourth-order valence-corrected chi connectivity index (χ4v) is 1.32. The van der Waals surface area contributed by atoms with Crippen molar-refractivity contribution < 1.29 is 29.3 Å². The monoisotopic (exact) mass is 246 g/mol. The van der Waals surface area contributed by atoms with Gasteiger partial charge in [0, 0.05) is 6.42 Å². The quantitative estimate of drug-likeness (QED) is 0.307. The summed E-state index contributed by atoms with van der Waals surface area (Å²) in [5.41, 5.74) is 0. The average Bonchev–Trinajstić information content (AvgIpc) is 2.65. The molecule has 1 aliphatic rings. The van der Waals surface area contributed by atoms with Gasteiger partial charge in [0.05, 0.1) is 6.61 Å². The number of hydrogen-bond donors (Lipinski definition) is 4. The lowest BCUT2D eigenvalue weighted by Gasteiger charge is -2.26. The minimum Gasteiger partial charge on any atom is -0.455 e. The first-order valence-electron chi connectivity index (χ1n) is 5.09. The molecule has 4 N–H and O–H groups in total. The summed E-state index contributed by atoms with van der Waals surface area (Å²) < 4.78 is 4.85. The summed E-state index contributed by atoms with van der Waals surface area (Å²) in [5, 5.41) is 22.7. The maximum atomic E-state index is 11.1. The van der Waals surface area contributed by atoms with Gasteiger partial charge in [-0.15, -0.1) is 0 Å². The van der Waals surface area contributed by atoms with Crippen molar-refractivity contribution in [3.63, 3.8) is 0 Å². The Balaban J connectivity index is 2.73. The van der Waals surface area contributed by atoms with Crippen LogP contribution in [0.25, 0.3) is 0 Å². The number of hydrogen-bond acceptors (Lipinski definition) is 6. The summed E-state index contributed by atoms with van der Waals surface area (Å²) in [6.45, 7) is 0.889. The van der Waals surface area contributed by atoms with E-state index in [2.05, 4.69) is 10.6 Å². The van der Waals surface area contributed by atoms with Gasteiger partial charge in [-0.25, -0.2) is 0 Å². The molecule has 0 aromatic rings. The van der Waals surface area contributed by atoms with Crippen molar-refractivity contribution in [2.75, 3.05) is 6.61 Å². The summed E-state index contributed by atoms with van der Waals surface area (Å²) in [5.74, 6) is -2.37. The van der Waals surface area contributed by atoms with Crippen LogP contribution in [0.1, 0.15) is 13.3 Å². The molecule has 0 aromatic carbocycles. The van der Waals surface area contributed by atoms with Crippen molar-refractivity contribution in [1.82, 2.24) is 10.6 Å². The van der Waals surface area contributed by atoms with Gasteiger partial charge in [0.2, 0.25) is 0 Å². The maximum absolute atomic E-state index is 11.1. The Hall–Kier alpha value is -1.67. The Morgan fingerprint density at radius 1 is 1.41 bits per heavy atom. The van der Waals surface area contributed by atoms with Gasteiger partial charge in [-0.2, -0.15) is 0 Å². The molecule has 2 amide bonds. The van der Waals surface area contributed by atoms with Crippen LogP contribution in [0.4, 0.5) is 0 Å². The van der Waals surface area contributed by atoms with Crippen molar-refractivity contribution >= 4 is 17.8 Å². The smallest absolute Gasteiger partial charge is 0.311 e. The molecule has 1 fully saturated rings. The predicted octanol–water partition coefficient (Wildman–Crippen LogP) is -2.77. The number of rotatable bonds is 5. The van der Waals surface area contributed by atoms with Gasteiger partial charge in [-0.3, -0.25) is 14.4 Å². The van der Waals surface area contributed by atoms with E-state index in [1.807, 2.05) is 0 Å². The molecular weight excluding hydrogens is 232 g/mol. The molecule has 0 spiro atoms. The zero-order valence-corrected chi connectivity index (χ0v) is 9.17. The fourth-order valence-electron chi connectivity index (χ4n) is 1.32. The summed E-state index contributed by atoms with van der Waals surface area (Å²) in [6.07, 6.45) is -3.58. The molecule has 1 saturated heterocycles. The Kier molecular flexibility index (Phi) is 4.41. The molecule has 0 radical (unpaired) electrons. The fraction of sp³-hybridized carbons (Fsp3) is 0.667. The number of aliphatic hydroxyl groups is 2. The third kappa shape index (κ3) is 3.14. The van der Waals surface area contributed by atoms with E-state index in [1.54, 1.807) is 6.92 Å². The highest BCUT2D eigenvalue weighted by Crippen LogP contribution is 2.08. The van der Waals surface area contributed by atoms with Crippen LogP contribution in [-0.2, 0) is 19.1 Å². The van der Waals surface area contributed by atoms with Crippen molar-refractivity contribution in [3.05, 3.63) is 0 Å². The van der Waals surface area contributed by atoms with E-state index in [-0.39, 0.29) is 6.42 Å². The largest absolute Gasteiger partial charge is 0.455 e. The van der Waals surface area contributed by atoms with E-state index in [9.17, 15) is 19.5 Å². The summed E-state index contributed by atoms with van der Waals surface area (Å²) in [4.78, 5) is 33.0. The number of nitrogens with one attached hydrogen (secondary N) is 2. The van der Waals surface area contributed by atoms with Crippen LogP contribution in [0.15, 0.2) is 0 Å². The molecule has 2 unspecified atom stereocenters. The maximum Gasteiger partial charge on any atom is 0.311 e. The van der Waals surface area contributed by atoms with E-state index in [0.717, 1.165) is 0 Å². The van der Waals surface area contributed by atoms with Gasteiger partial charge in [-0.05, 0) is 0 Å². The van der Waals surface area contributed by atoms with Crippen molar-refractivity contribution in [2.45, 2.75) is 31.7 Å². The Labute approximate surface area is 96.9 Å². The summed E-state index contributed by atoms with van der Waals surface area (Å²) in [6, 6.07) is 0. The molecule has 0 bridgehead atoms. The molecule has 1 aliphatic heterocycles. The number of carbonyl (C=O) groups is 3. The summed E-state index contributed by atoms with van der Waals surface area (Å²) >= 11 is 0. The van der Waals surface area contributed by atoms with Gasteiger partial charge >= 0.3 is 17.8 Å². The van der Waals surface area contributed by atoms with Crippen molar-refractivity contribution in [3.8, 4) is 0 Å². The molecule has 0 saturated carbocycles. The van der Waals surface area contributed by atoms with Gasteiger partial charge in [-0.1, -0.05) is 6.92 Å². The van der Waals surface area contributed by atoms with E-state index < -0.39 is 42.8 Å². The average molecular weight is 246 g/mol. The first kappa shape index (κ1) is 13.4. The Morgan fingerprint density at radius 2 is 1.94 bits per heavy atom. The van der Waals surface area contributed by atoms with E-state index >= 15 is 0 Å². The molecule has 8 heteroatoms. The molecule has 2 atom stereocenters. The van der Waals surface area contributed by atoms with Crippen LogP contribution in [0.2, 0.25) is 0 Å². The topological polar surface area (TPSA) is 125 Å². The predicted molar refractivity (Wildman–Crippen MR) is 53.3 cm³/mol. The van der Waals surface area contributed by atoms with Gasteiger partial charge < -0.3 is 25.6 Å². The summed E-state index contributed by atoms with van der Waals surface area (Å²) in [7, 11) is 0. The molecule has 8 nitrogen and oxygen atoms in total. The zero-order chi connectivity index (χ0) is 13.0. The minimum absolute atomic E-state index is 0.0727. The number of carbonyl (C=O) groups excluding carboxylic acids is 3. The first-order chi connectivity index (χ1) is 7.99. The lowest BCUT2D eigenvalue weighted by atomic mass is 10.1. The number of aliphatic hydroxyl groups excluding tert-OH is 2. The van der Waals surface area contributed by atoms with Crippen molar-refractivity contribution in [2.24, 2.45) is 0 Å². The SMILES string of the molecule is CCC(=O)OC(C(O)CO)C1NC(=O)C(=O)N1. The minimum atomic E-state index is -1.39. The highest BCUT2D eigenvalue weighted by Gasteiger charge is 2.39. The number of esters is 1. The second-order valence-corrected chi connectivity index (χ2v) is 3.48. The van der Waals surface area contributed by atoms with Gasteiger partial charge in [0.25, 0.3) is 0 Å². The molecular formula is C9H14N2O6. The standard InChI is InChI=1S/C9H14N2O6/c1-2-5(14)17-6(4(13)3-12)7-10-8(15)9(16)11-7/h4,6-7,12-13H,2-3H2,1H3,(H,10,15)(H,11,16). The second kappa shape index (κ2) is 5.60. The molecule has 17 heavy (non-hydrogen) atoms. The lowest BCUT2D eigenvalue weighted by molar-refractivity contribution is -0.159. The van der Waals surface area contributed by atoms with Crippen LogP contribution in [0.5, 0.6) is 0 Å². The van der Waals surface area contributed by atoms with Crippen LogP contribution in [-0.4, -0.2) is 53.0 Å². The van der Waals surface area contributed by atoms with E-state index in [1.165, 1.54) is 0 Å². The Bertz CT molecular complexity index is 315. The van der Waals surface area contributed by atoms with Crippen LogP contribution in [0.3, 0.4) is 0 Å². The zero-order valence-electron chi connectivity index (χ0n) is 9.17. The van der Waals surface area contributed by atoms with Crippen molar-refractivity contribution in [1.29, 1.82) is 0 Å². The Morgan fingerprint density at radius 3 is 2.35 bits per heavy atom. The second-order valence-electron chi connectivity index (χ2n) is 3.48. The third-order valence-corrected chi connectivity index (χ3v) is 2.23. The molecule has 1 heterocycles. The highest BCUT2D eigenvalue weighted by atomic mass is 16.6. The van der Waals surface area contributed by atoms with E-state index in [0.29, 0.717) is 0 Å². The van der Waals surface area contributed by atoms with Gasteiger partial charge in [0.1, 0.15) is 12.3 Å². The van der Waals surface area contributed by atoms with Crippen LogP contribution >= 0.6 is 0 Å². The number of amides is 2. The van der Waals surface area contributed by atoms with Gasteiger partial charge in [0.15, 0.2) is 6.10 Å². The van der Waals surface area contributed by atoms with Crippen LogP contribution in [0, 0.1) is 0 Å². The first-order valence-corrected chi connectivity index (χ1v) is 5.09. The normalized spacial score (nSPS) is 19.5. The third-order valence-electron chi connectivity index (χ3n) is 2.23. The molecule has 0 aliphatic carbocycles. The highest BCUT2D eigenvalue weighted by molar-refractivity contribution is 6.37.